The molecule has 0 aromatic rings. The summed E-state index contributed by atoms with van der Waals surface area (Å²) in [7, 11) is -8.40. The Morgan fingerprint density at radius 1 is 0.473 bits per heavy atom. The molecule has 0 aromatic heterocycles. The highest BCUT2D eigenvalue weighted by Gasteiger charge is 2.47. The largest absolute Gasteiger partial charge is 0.472 e. The van der Waals surface area contributed by atoms with E-state index in [1.807, 2.05) is 0 Å². The van der Waals surface area contributed by atoms with Gasteiger partial charge in [-0.25, -0.2) is 9.13 Å². The van der Waals surface area contributed by atoms with Gasteiger partial charge in [-0.15, -0.1) is 0 Å². The molecule has 23 atom stereocenters. The predicted octanol–water partition coefficient (Wildman–Crippen LogP) is 1.06. The number of hydrogen-bond acceptors (Lipinski definition) is 26. The summed E-state index contributed by atoms with van der Waals surface area (Å²) in [5, 5.41) is 100. The lowest BCUT2D eigenvalue weighted by Crippen LogP contribution is -2.55. The molecule has 0 aliphatic carbocycles. The molecule has 6 heterocycles. The van der Waals surface area contributed by atoms with E-state index in [1.54, 1.807) is 20.8 Å². The lowest BCUT2D eigenvalue weighted by molar-refractivity contribution is -0.282. The Kier molecular flexibility index (Phi) is 36.6. The molecule has 0 radical (unpaired) electrons. The Hall–Kier alpha value is -2.05. The van der Waals surface area contributed by atoms with Crippen molar-refractivity contribution in [1.29, 1.82) is 0 Å². The molecule has 31 nitrogen and oxygen atoms in total. The molecule has 12 N–H and O–H groups in total. The molecule has 6 aliphatic heterocycles. The summed E-state index contributed by atoms with van der Waals surface area (Å²) in [4.78, 5) is 67.2. The van der Waals surface area contributed by atoms with Gasteiger partial charge in [-0.05, 0) is 63.7 Å². The Bertz CT molecular complexity index is 2260. The maximum atomic E-state index is 13.9. The minimum atomic E-state index is -4.94. The number of rotatable bonds is 36. The smallest absolute Gasteiger partial charge is 0.394 e. The second kappa shape index (κ2) is 40.9. The lowest BCUT2D eigenvalue weighted by atomic mass is 9.92. The van der Waals surface area contributed by atoms with Crippen LogP contribution in [0.4, 0.5) is 0 Å². The summed E-state index contributed by atoms with van der Waals surface area (Å²) in [6.07, 6.45) is -11.4. The van der Waals surface area contributed by atoms with E-state index in [0.717, 1.165) is 5.92 Å². The van der Waals surface area contributed by atoms with Gasteiger partial charge in [0, 0.05) is 83.6 Å². The molecule has 0 saturated carbocycles. The number of β-amino-alcohol motifs (C(OH)–C–C–N with tert-alkyl or cyclic N) is 1. The highest BCUT2D eigenvalue weighted by Crippen LogP contribution is 2.50. The van der Waals surface area contributed by atoms with Gasteiger partial charge in [0.25, 0.3) is 0 Å². The monoisotopic (exact) mass is 1390 g/mol. The van der Waals surface area contributed by atoms with Crippen molar-refractivity contribution >= 4 is 33.4 Å². The van der Waals surface area contributed by atoms with Crippen LogP contribution in [0.2, 0.25) is 0 Å². The molecule has 93 heavy (non-hydrogen) atoms. The fourth-order valence-corrected chi connectivity index (χ4v) is 14.0. The molecule has 3 amide bonds. The van der Waals surface area contributed by atoms with Crippen molar-refractivity contribution in [3.05, 3.63) is 0 Å². The zero-order valence-corrected chi connectivity index (χ0v) is 56.2. The van der Waals surface area contributed by atoms with E-state index < -0.39 is 183 Å². The van der Waals surface area contributed by atoms with E-state index >= 15 is 0 Å². The van der Waals surface area contributed by atoms with Crippen LogP contribution in [0.25, 0.3) is 0 Å². The van der Waals surface area contributed by atoms with Crippen LogP contribution in [-0.2, 0) is 74.8 Å². The van der Waals surface area contributed by atoms with Crippen LogP contribution >= 0.6 is 15.6 Å². The summed E-state index contributed by atoms with van der Waals surface area (Å²) in [5.74, 6) is -1.88. The number of nitrogens with zero attached hydrogens (tertiary/aromatic N) is 3. The summed E-state index contributed by atoms with van der Waals surface area (Å²) in [6.45, 7) is 9.23. The number of carbonyl (C=O) groups excluding carboxylic acids is 3. The van der Waals surface area contributed by atoms with Gasteiger partial charge in [0.2, 0.25) is 17.7 Å². The quantitative estimate of drug-likeness (QED) is 0.0308. The van der Waals surface area contributed by atoms with Crippen LogP contribution in [0.15, 0.2) is 0 Å². The fraction of sp³-hybridized carbons (Fsp3) is 0.950. The Morgan fingerprint density at radius 2 is 0.774 bits per heavy atom. The molecule has 0 aromatic carbocycles. The molecule has 0 spiro atoms. The maximum absolute atomic E-state index is 13.9. The van der Waals surface area contributed by atoms with Crippen molar-refractivity contribution in [2.24, 2.45) is 23.7 Å². The molecule has 33 heteroatoms. The molecule has 6 saturated heterocycles. The summed E-state index contributed by atoms with van der Waals surface area (Å²) >= 11 is 0. The molecule has 6 rings (SSSR count). The molecular formula is C60H113N3O28P2. The normalized spacial score (nSPS) is 35.3. The number of carbonyl (C=O) groups is 3. The van der Waals surface area contributed by atoms with E-state index in [-0.39, 0.29) is 104 Å². The molecule has 0 bridgehead atoms. The number of unbranched alkanes of at least 4 members (excludes halogenated alkanes) is 6. The maximum Gasteiger partial charge on any atom is 0.472 e. The van der Waals surface area contributed by atoms with E-state index in [0.29, 0.717) is 57.8 Å². The van der Waals surface area contributed by atoms with E-state index in [9.17, 15) is 84.4 Å². The number of phosphoric ester groups is 2. The van der Waals surface area contributed by atoms with Crippen LogP contribution in [0.1, 0.15) is 145 Å². The molecular weight excluding hydrogens is 1270 g/mol. The van der Waals surface area contributed by atoms with Gasteiger partial charge in [-0.2, -0.15) is 0 Å². The lowest BCUT2D eigenvalue weighted by Gasteiger charge is -2.40. The summed E-state index contributed by atoms with van der Waals surface area (Å²) in [6, 6.07) is -2.27. The van der Waals surface area contributed by atoms with Crippen molar-refractivity contribution in [1.82, 2.24) is 14.7 Å². The number of hydrogen-bond donors (Lipinski definition) is 12. The van der Waals surface area contributed by atoms with Crippen LogP contribution in [-0.4, -0.2) is 290 Å². The summed E-state index contributed by atoms with van der Waals surface area (Å²) < 4.78 is 88.9. The first-order valence-electron chi connectivity index (χ1n) is 32.6. The minimum Gasteiger partial charge on any atom is -0.394 e. The molecule has 6 fully saturated rings. The van der Waals surface area contributed by atoms with Crippen molar-refractivity contribution in [2.45, 2.75) is 256 Å². The Balaban J connectivity index is 0.00000358. The molecule has 546 valence electrons. The van der Waals surface area contributed by atoms with Gasteiger partial charge in [0.15, 0.2) is 18.9 Å². The number of ether oxygens (including phenoxy) is 7. The van der Waals surface area contributed by atoms with Crippen LogP contribution in [0.5, 0.6) is 0 Å². The van der Waals surface area contributed by atoms with Crippen LogP contribution < -0.4 is 0 Å². The average Bonchev–Trinajstić information content (AvgIpc) is 1.72. The van der Waals surface area contributed by atoms with Gasteiger partial charge in [0.1, 0.15) is 36.6 Å². The summed E-state index contributed by atoms with van der Waals surface area (Å²) in [5.41, 5.74) is 0. The topological polar surface area (TPSA) is 439 Å². The minimum absolute atomic E-state index is 0. The fourth-order valence-electron chi connectivity index (χ4n) is 12.1. The average molecular weight is 1390 g/mol. The van der Waals surface area contributed by atoms with Gasteiger partial charge in [0.05, 0.1) is 94.4 Å². The van der Waals surface area contributed by atoms with Gasteiger partial charge < -0.3 is 109 Å². The number of phosphoric acid groups is 2. The van der Waals surface area contributed by atoms with Crippen molar-refractivity contribution in [3.63, 3.8) is 0 Å². The first kappa shape index (κ1) is 83.4. The van der Waals surface area contributed by atoms with Gasteiger partial charge in [-0.1, -0.05) is 68.2 Å². The molecule has 6 aliphatic rings. The zero-order valence-electron chi connectivity index (χ0n) is 54.4. The second-order valence-electron chi connectivity index (χ2n) is 25.9. The van der Waals surface area contributed by atoms with E-state index in [1.165, 1.54) is 21.8 Å². The van der Waals surface area contributed by atoms with Crippen molar-refractivity contribution < 1.29 is 136 Å². The zero-order chi connectivity index (χ0) is 68.0. The van der Waals surface area contributed by atoms with E-state index in [4.69, 9.17) is 51.3 Å². The third kappa shape index (κ3) is 25.9. The number of amides is 3. The van der Waals surface area contributed by atoms with Gasteiger partial charge >= 0.3 is 15.6 Å². The van der Waals surface area contributed by atoms with Crippen LogP contribution in [0, 0.1) is 23.7 Å². The number of likely N-dealkylation sites (tertiary alicyclic amines) is 3. The predicted molar refractivity (Wildman–Crippen MR) is 331 cm³/mol. The van der Waals surface area contributed by atoms with E-state index in [2.05, 4.69) is 20.8 Å². The van der Waals surface area contributed by atoms with Gasteiger partial charge in [-0.3, -0.25) is 32.5 Å². The third-order valence-electron chi connectivity index (χ3n) is 17.4. The second-order valence-corrected chi connectivity index (χ2v) is 28.7. The van der Waals surface area contributed by atoms with Crippen molar-refractivity contribution in [3.8, 4) is 0 Å². The first-order chi connectivity index (χ1) is 43.5. The third-order valence-corrected chi connectivity index (χ3v) is 19.5. The Morgan fingerprint density at radius 3 is 1.09 bits per heavy atom. The number of aliphatic hydroxyl groups is 10. The number of methoxy groups -OCH3 is 1. The number of aliphatic hydroxyl groups excluding tert-OH is 10. The molecule has 8 unspecified atom stereocenters. The van der Waals surface area contributed by atoms with Crippen molar-refractivity contribution in [2.75, 3.05) is 86.2 Å². The SMILES string of the molecule is C.CC(C)C.COC[C@@H]1C[C@@H](OP(=O)(O)OC[C@@H]2C[C@@H](OP(=O)(O)OC[C@@H]3C[C@@H](O)CN3C(=O)CCCCCO[C@@H]3OC(CO)[C@H](O)[C@H](O)C3C)CN2C(=O)CCCCCO[C@@H]2OC(CO)[C@H](O)[C@H](O)C2C)CN1C(=O)CCCCCO[C@@H]1OC(CO)[C@H](O)[C@H](O)C1C. The first-order valence-corrected chi connectivity index (χ1v) is 35.6. The standard InChI is InChI=1S/C55H99N3O28P2.C4H10.CH4/c1-32-47(66)50(69)41(26-59)82-53(32)77-17-11-5-8-14-44(63)56-23-38(62)20-35(56)30-80-87(72,73)86-40-22-37(58(25-40)46(65)16-10-7-13-19-79-55-34(3)49(68)52(71)43(28-61)84-55)31-81-88(74,75)85-39-21-36(29-76-4)57(24-39)45(64)15-9-6-12-18-78-54-33(2)48(67)51(70)42(27-60)83-54;1-4(2)3;/h32-43,47-55,59-62,66-71H,5-31H2,1-4H3,(H,72,73)(H,74,75);4H,1-3H3;1H4/t32?,33?,34?,35-,36-,37-,38+,39+,40+,41?,42?,43?,47+,48+,49+,50-,51-,52-,53+,54+,55+;;/m0../s1. The van der Waals surface area contributed by atoms with Crippen LogP contribution in [0.3, 0.4) is 0 Å². The Labute approximate surface area is 547 Å². The highest BCUT2D eigenvalue weighted by molar-refractivity contribution is 7.47. The highest BCUT2D eigenvalue weighted by atomic mass is 31.2.